The van der Waals surface area contributed by atoms with Crippen LogP contribution in [0.2, 0.25) is 0 Å². The normalized spacial score (nSPS) is 24.7. The Labute approximate surface area is 126 Å². The van der Waals surface area contributed by atoms with E-state index in [0.717, 1.165) is 15.5 Å². The van der Waals surface area contributed by atoms with Gasteiger partial charge in [0.2, 0.25) is 0 Å². The van der Waals surface area contributed by atoms with Crippen molar-refractivity contribution in [3.8, 4) is 5.75 Å². The number of hydrogen-bond acceptors (Lipinski definition) is 2. The minimum absolute atomic E-state index is 0.278. The predicted molar refractivity (Wildman–Crippen MR) is 81.8 cm³/mol. The summed E-state index contributed by atoms with van der Waals surface area (Å²) in [7, 11) is 0. The van der Waals surface area contributed by atoms with Crippen LogP contribution in [0.25, 0.3) is 0 Å². The van der Waals surface area contributed by atoms with E-state index in [4.69, 9.17) is 0 Å². The molecule has 0 aromatic heterocycles. The summed E-state index contributed by atoms with van der Waals surface area (Å²) in [6, 6.07) is 5.38. The molecule has 0 saturated carbocycles. The van der Waals surface area contributed by atoms with Gasteiger partial charge in [-0.05, 0) is 75.7 Å². The number of aromatic hydroxyl groups is 1. The molecule has 2 atom stereocenters. The SMILES string of the molecule is CCC1CCC(C)N1Cc1cc(Br)c(O)c(Br)c1. The van der Waals surface area contributed by atoms with Gasteiger partial charge in [0.25, 0.3) is 0 Å². The molecule has 0 amide bonds. The van der Waals surface area contributed by atoms with E-state index in [1.54, 1.807) is 0 Å². The zero-order valence-corrected chi connectivity index (χ0v) is 14.0. The Morgan fingerprint density at radius 3 is 2.44 bits per heavy atom. The summed E-state index contributed by atoms with van der Waals surface area (Å²) in [5, 5.41) is 9.73. The first-order chi connectivity index (χ1) is 8.52. The van der Waals surface area contributed by atoms with Crippen molar-refractivity contribution in [3.63, 3.8) is 0 Å². The molecule has 0 bridgehead atoms. The Morgan fingerprint density at radius 2 is 1.89 bits per heavy atom. The van der Waals surface area contributed by atoms with Crippen LogP contribution in [0, 0.1) is 0 Å². The van der Waals surface area contributed by atoms with Crippen molar-refractivity contribution in [2.45, 2.75) is 51.7 Å². The maximum atomic E-state index is 9.73. The Balaban J connectivity index is 2.18. The number of benzene rings is 1. The number of rotatable bonds is 3. The first-order valence-electron chi connectivity index (χ1n) is 6.45. The van der Waals surface area contributed by atoms with E-state index < -0.39 is 0 Å². The van der Waals surface area contributed by atoms with Gasteiger partial charge in [-0.2, -0.15) is 0 Å². The van der Waals surface area contributed by atoms with Gasteiger partial charge in [0.15, 0.2) is 0 Å². The number of phenols is 1. The molecule has 1 aromatic rings. The lowest BCUT2D eigenvalue weighted by Crippen LogP contribution is -2.33. The fourth-order valence-electron chi connectivity index (χ4n) is 2.77. The molecule has 1 N–H and O–H groups in total. The number of nitrogens with zero attached hydrogens (tertiary/aromatic N) is 1. The Kier molecular flexibility index (Phi) is 4.73. The van der Waals surface area contributed by atoms with Gasteiger partial charge in [-0.25, -0.2) is 0 Å². The van der Waals surface area contributed by atoms with Crippen molar-refractivity contribution in [3.05, 3.63) is 26.6 Å². The lowest BCUT2D eigenvalue weighted by Gasteiger charge is -2.28. The van der Waals surface area contributed by atoms with Crippen molar-refractivity contribution in [2.24, 2.45) is 0 Å². The van der Waals surface area contributed by atoms with E-state index >= 15 is 0 Å². The van der Waals surface area contributed by atoms with Crippen LogP contribution in [0.3, 0.4) is 0 Å². The molecular formula is C14H19Br2NO. The van der Waals surface area contributed by atoms with E-state index in [9.17, 15) is 5.11 Å². The van der Waals surface area contributed by atoms with Crippen LogP contribution in [0.4, 0.5) is 0 Å². The Hall–Kier alpha value is -0.0600. The number of halogens is 2. The second-order valence-corrected chi connectivity index (χ2v) is 6.78. The van der Waals surface area contributed by atoms with Gasteiger partial charge in [-0.1, -0.05) is 6.92 Å². The van der Waals surface area contributed by atoms with Crippen LogP contribution in [0.15, 0.2) is 21.1 Å². The molecule has 0 aliphatic carbocycles. The van der Waals surface area contributed by atoms with Gasteiger partial charge >= 0.3 is 0 Å². The van der Waals surface area contributed by atoms with Gasteiger partial charge in [0.05, 0.1) is 8.95 Å². The van der Waals surface area contributed by atoms with Crippen molar-refractivity contribution < 1.29 is 5.11 Å². The lowest BCUT2D eigenvalue weighted by molar-refractivity contribution is 0.189. The minimum Gasteiger partial charge on any atom is -0.506 e. The van der Waals surface area contributed by atoms with E-state index in [-0.39, 0.29) is 5.75 Å². The monoisotopic (exact) mass is 375 g/mol. The lowest BCUT2D eigenvalue weighted by atomic mass is 10.1. The minimum atomic E-state index is 0.278. The van der Waals surface area contributed by atoms with E-state index in [1.807, 2.05) is 12.1 Å². The maximum absolute atomic E-state index is 9.73. The summed E-state index contributed by atoms with van der Waals surface area (Å²) in [5.74, 6) is 0.278. The van der Waals surface area contributed by atoms with E-state index in [1.165, 1.54) is 24.8 Å². The standard InChI is InChI=1S/C14H19Br2NO/c1-3-11-5-4-9(2)17(11)8-10-6-12(15)14(18)13(16)7-10/h6-7,9,11,18H,3-5,8H2,1-2H3. The van der Waals surface area contributed by atoms with Crippen LogP contribution in [0.1, 0.15) is 38.7 Å². The largest absolute Gasteiger partial charge is 0.506 e. The Morgan fingerprint density at radius 1 is 1.28 bits per heavy atom. The molecule has 4 heteroatoms. The van der Waals surface area contributed by atoms with Gasteiger partial charge in [-0.15, -0.1) is 0 Å². The highest BCUT2D eigenvalue weighted by Gasteiger charge is 2.29. The quantitative estimate of drug-likeness (QED) is 0.827. The average Bonchev–Trinajstić information content (AvgIpc) is 2.67. The molecule has 100 valence electrons. The Bertz CT molecular complexity index is 413. The molecule has 0 radical (unpaired) electrons. The molecule has 0 spiro atoms. The smallest absolute Gasteiger partial charge is 0.143 e. The van der Waals surface area contributed by atoms with E-state index in [0.29, 0.717) is 12.1 Å². The van der Waals surface area contributed by atoms with Crippen LogP contribution in [-0.4, -0.2) is 22.1 Å². The molecule has 1 aliphatic heterocycles. The number of hydrogen-bond donors (Lipinski definition) is 1. The van der Waals surface area contributed by atoms with Crippen LogP contribution < -0.4 is 0 Å². The number of likely N-dealkylation sites (tertiary alicyclic amines) is 1. The molecule has 18 heavy (non-hydrogen) atoms. The molecular weight excluding hydrogens is 358 g/mol. The van der Waals surface area contributed by atoms with Crippen LogP contribution in [-0.2, 0) is 6.54 Å². The van der Waals surface area contributed by atoms with Crippen LogP contribution in [0.5, 0.6) is 5.75 Å². The van der Waals surface area contributed by atoms with Crippen molar-refractivity contribution in [1.29, 1.82) is 0 Å². The average molecular weight is 377 g/mol. The van der Waals surface area contributed by atoms with Gasteiger partial charge in [-0.3, -0.25) is 4.90 Å². The summed E-state index contributed by atoms with van der Waals surface area (Å²) < 4.78 is 1.51. The third-order valence-electron chi connectivity index (χ3n) is 3.87. The first-order valence-corrected chi connectivity index (χ1v) is 8.04. The topological polar surface area (TPSA) is 23.5 Å². The zero-order valence-electron chi connectivity index (χ0n) is 10.8. The molecule has 2 nitrogen and oxygen atoms in total. The van der Waals surface area contributed by atoms with Crippen LogP contribution >= 0.6 is 31.9 Å². The molecule has 2 rings (SSSR count). The molecule has 1 saturated heterocycles. The summed E-state index contributed by atoms with van der Waals surface area (Å²) in [6.45, 7) is 5.52. The summed E-state index contributed by atoms with van der Waals surface area (Å²) >= 11 is 6.79. The first kappa shape index (κ1) is 14.4. The van der Waals surface area contributed by atoms with Gasteiger partial charge < -0.3 is 5.11 Å². The highest BCUT2D eigenvalue weighted by atomic mass is 79.9. The molecule has 1 aromatic carbocycles. The summed E-state index contributed by atoms with van der Waals surface area (Å²) in [6.07, 6.45) is 3.81. The second-order valence-electron chi connectivity index (χ2n) is 5.07. The summed E-state index contributed by atoms with van der Waals surface area (Å²) in [5.41, 5.74) is 1.23. The van der Waals surface area contributed by atoms with Crippen molar-refractivity contribution in [1.82, 2.24) is 4.90 Å². The molecule has 1 aliphatic rings. The third-order valence-corrected chi connectivity index (χ3v) is 5.07. The summed E-state index contributed by atoms with van der Waals surface area (Å²) in [4.78, 5) is 2.57. The number of phenolic OH excluding ortho intramolecular Hbond substituents is 1. The van der Waals surface area contributed by atoms with Gasteiger partial charge in [0, 0.05) is 18.6 Å². The van der Waals surface area contributed by atoms with Crippen molar-refractivity contribution >= 4 is 31.9 Å². The highest BCUT2D eigenvalue weighted by molar-refractivity contribution is 9.11. The van der Waals surface area contributed by atoms with E-state index in [2.05, 4.69) is 50.6 Å². The van der Waals surface area contributed by atoms with Crippen molar-refractivity contribution in [2.75, 3.05) is 0 Å². The fourth-order valence-corrected chi connectivity index (χ4v) is 4.05. The third kappa shape index (κ3) is 2.91. The zero-order chi connectivity index (χ0) is 13.3. The second kappa shape index (κ2) is 5.93. The maximum Gasteiger partial charge on any atom is 0.143 e. The molecule has 1 fully saturated rings. The predicted octanol–water partition coefficient (Wildman–Crippen LogP) is 4.68. The fraction of sp³-hybridized carbons (Fsp3) is 0.571. The molecule has 1 heterocycles. The van der Waals surface area contributed by atoms with Gasteiger partial charge in [0.1, 0.15) is 5.75 Å². The molecule has 2 unspecified atom stereocenters. The highest BCUT2D eigenvalue weighted by Crippen LogP contribution is 2.35.